The maximum atomic E-state index is 13.3. The van der Waals surface area contributed by atoms with Crippen molar-refractivity contribution < 1.29 is 22.4 Å². The number of carbonyl (C=O) groups is 1. The van der Waals surface area contributed by atoms with Crippen molar-refractivity contribution in [2.24, 2.45) is 0 Å². The number of halogens is 3. The highest BCUT2D eigenvalue weighted by Gasteiger charge is 2.18. The van der Waals surface area contributed by atoms with Crippen LogP contribution in [0.5, 0.6) is 0 Å². The molecular weight excluding hydrogens is 221 g/mol. The minimum absolute atomic E-state index is 0.0851. The van der Waals surface area contributed by atoms with E-state index in [9.17, 15) is 18.0 Å². The maximum Gasteiger partial charge on any atom is 0.185 e. The van der Waals surface area contributed by atoms with Crippen LogP contribution in [-0.2, 0) is 0 Å². The van der Waals surface area contributed by atoms with Crippen molar-refractivity contribution in [1.29, 1.82) is 0 Å². The molecule has 0 saturated carbocycles. The average Bonchev–Trinajstić information content (AvgIpc) is 2.73. The van der Waals surface area contributed by atoms with Gasteiger partial charge in [-0.15, -0.1) is 0 Å². The molecule has 0 aliphatic rings. The van der Waals surface area contributed by atoms with Gasteiger partial charge < -0.3 is 4.42 Å². The largest absolute Gasteiger partial charge is 0.453 e. The summed E-state index contributed by atoms with van der Waals surface area (Å²) >= 11 is 0. The first-order valence-corrected chi connectivity index (χ1v) is 4.32. The molecule has 0 saturated heterocycles. The Morgan fingerprint density at radius 3 is 2.31 bits per heavy atom. The van der Waals surface area contributed by atoms with Gasteiger partial charge in [-0.25, -0.2) is 13.2 Å². The molecule has 2 rings (SSSR count). The summed E-state index contributed by atoms with van der Waals surface area (Å²) in [5, 5.41) is 0. The number of hydrogen-bond acceptors (Lipinski definition) is 2. The molecule has 16 heavy (non-hydrogen) atoms. The molecule has 2 aromatic rings. The highest BCUT2D eigenvalue weighted by Crippen LogP contribution is 2.28. The minimum atomic E-state index is -1.34. The van der Waals surface area contributed by atoms with Gasteiger partial charge in [0, 0.05) is 0 Å². The smallest absolute Gasteiger partial charge is 0.185 e. The molecule has 1 aromatic heterocycles. The van der Waals surface area contributed by atoms with Crippen LogP contribution in [0.3, 0.4) is 0 Å². The lowest BCUT2D eigenvalue weighted by molar-refractivity contribution is 0.110. The van der Waals surface area contributed by atoms with Crippen LogP contribution >= 0.6 is 0 Å². The molecule has 0 amide bonds. The lowest BCUT2D eigenvalue weighted by Crippen LogP contribution is -1.92. The third kappa shape index (κ3) is 1.60. The first-order valence-electron chi connectivity index (χ1n) is 4.32. The predicted octanol–water partition coefficient (Wildman–Crippen LogP) is 3.18. The van der Waals surface area contributed by atoms with Gasteiger partial charge in [-0.2, -0.15) is 0 Å². The molecule has 0 bridgehead atoms. The minimum Gasteiger partial charge on any atom is -0.453 e. The lowest BCUT2D eigenvalue weighted by Gasteiger charge is -2.01. The van der Waals surface area contributed by atoms with E-state index in [0.29, 0.717) is 12.4 Å². The number of benzene rings is 1. The molecule has 82 valence electrons. The molecule has 2 nitrogen and oxygen atoms in total. The summed E-state index contributed by atoms with van der Waals surface area (Å²) < 4.78 is 44.3. The highest BCUT2D eigenvalue weighted by molar-refractivity contribution is 5.73. The predicted molar refractivity (Wildman–Crippen MR) is 49.4 cm³/mol. The van der Waals surface area contributed by atoms with Gasteiger partial charge in [0.15, 0.2) is 23.7 Å². The molecule has 0 spiro atoms. The zero-order valence-corrected chi connectivity index (χ0v) is 7.84. The first-order chi connectivity index (χ1) is 7.63. The molecule has 0 aliphatic carbocycles. The average molecular weight is 226 g/mol. The van der Waals surface area contributed by atoms with Crippen molar-refractivity contribution in [3.8, 4) is 11.3 Å². The standard InChI is InChI=1S/C11H5F3O2/c12-7-2-3-8(13)11(14)10(7)9-4-1-6(5-15)16-9/h1-5H. The van der Waals surface area contributed by atoms with Crippen LogP contribution < -0.4 is 0 Å². The molecule has 5 heteroatoms. The number of furan rings is 1. The zero-order chi connectivity index (χ0) is 11.7. The van der Waals surface area contributed by atoms with Gasteiger partial charge in [-0.05, 0) is 24.3 Å². The van der Waals surface area contributed by atoms with Crippen molar-refractivity contribution >= 4 is 6.29 Å². The van der Waals surface area contributed by atoms with Gasteiger partial charge in [0.05, 0.1) is 5.56 Å². The van der Waals surface area contributed by atoms with Crippen molar-refractivity contribution in [1.82, 2.24) is 0 Å². The molecule has 0 N–H and O–H groups in total. The normalized spacial score (nSPS) is 10.4. The Hall–Kier alpha value is -2.04. The summed E-state index contributed by atoms with van der Waals surface area (Å²) in [5.74, 6) is -3.78. The van der Waals surface area contributed by atoms with Crippen LogP contribution in [0.2, 0.25) is 0 Å². The van der Waals surface area contributed by atoms with Gasteiger partial charge in [0.2, 0.25) is 0 Å². The molecule has 0 radical (unpaired) electrons. The SMILES string of the molecule is O=Cc1ccc(-c2c(F)ccc(F)c2F)o1. The summed E-state index contributed by atoms with van der Waals surface area (Å²) in [6.07, 6.45) is 0.388. The van der Waals surface area contributed by atoms with E-state index in [0.717, 1.165) is 6.07 Å². The Kier molecular flexibility index (Phi) is 2.52. The summed E-state index contributed by atoms with van der Waals surface area (Å²) in [4.78, 5) is 10.3. The fourth-order valence-corrected chi connectivity index (χ4v) is 1.30. The summed E-state index contributed by atoms with van der Waals surface area (Å²) in [6, 6.07) is 3.91. The Bertz CT molecular complexity index is 546. The molecule has 1 heterocycles. The van der Waals surface area contributed by atoms with Crippen molar-refractivity contribution in [2.45, 2.75) is 0 Å². The lowest BCUT2D eigenvalue weighted by atomic mass is 10.1. The number of carbonyl (C=O) groups excluding carboxylic acids is 1. The third-order valence-corrected chi connectivity index (χ3v) is 2.03. The second-order valence-electron chi connectivity index (χ2n) is 3.04. The van der Waals surface area contributed by atoms with Crippen LogP contribution in [0, 0.1) is 17.5 Å². The second-order valence-corrected chi connectivity index (χ2v) is 3.04. The van der Waals surface area contributed by atoms with E-state index in [1.165, 1.54) is 12.1 Å². The van der Waals surface area contributed by atoms with E-state index < -0.39 is 23.0 Å². The second kappa shape index (κ2) is 3.84. The summed E-state index contributed by atoms with van der Waals surface area (Å²) in [7, 11) is 0. The van der Waals surface area contributed by atoms with Gasteiger partial charge in [0.1, 0.15) is 11.6 Å². The third-order valence-electron chi connectivity index (χ3n) is 2.03. The summed E-state index contributed by atoms with van der Waals surface area (Å²) in [6.45, 7) is 0. The topological polar surface area (TPSA) is 30.2 Å². The summed E-state index contributed by atoms with van der Waals surface area (Å²) in [5.41, 5.74) is -0.617. The van der Waals surface area contributed by atoms with E-state index in [1.54, 1.807) is 0 Å². The first kappa shape index (κ1) is 10.5. The number of rotatable bonds is 2. The van der Waals surface area contributed by atoms with Gasteiger partial charge in [-0.3, -0.25) is 4.79 Å². The fraction of sp³-hybridized carbons (Fsp3) is 0. The number of hydrogen-bond donors (Lipinski definition) is 0. The zero-order valence-electron chi connectivity index (χ0n) is 7.84. The highest BCUT2D eigenvalue weighted by atomic mass is 19.2. The Balaban J connectivity index is 2.63. The van der Waals surface area contributed by atoms with Crippen molar-refractivity contribution in [2.75, 3.05) is 0 Å². The van der Waals surface area contributed by atoms with Gasteiger partial charge in [0.25, 0.3) is 0 Å². The van der Waals surface area contributed by atoms with E-state index in [4.69, 9.17) is 4.42 Å². The quantitative estimate of drug-likeness (QED) is 0.581. The van der Waals surface area contributed by atoms with Crippen molar-refractivity contribution in [3.05, 3.63) is 47.5 Å². The number of aldehydes is 1. The fourth-order valence-electron chi connectivity index (χ4n) is 1.30. The Labute approximate surface area is 88.3 Å². The Morgan fingerprint density at radius 2 is 1.69 bits per heavy atom. The molecule has 0 atom stereocenters. The molecule has 1 aromatic carbocycles. The molecular formula is C11H5F3O2. The van der Waals surface area contributed by atoms with Crippen LogP contribution in [0.15, 0.2) is 28.7 Å². The van der Waals surface area contributed by atoms with E-state index in [1.807, 2.05) is 0 Å². The molecule has 0 fully saturated rings. The van der Waals surface area contributed by atoms with E-state index in [-0.39, 0.29) is 11.5 Å². The van der Waals surface area contributed by atoms with Crippen LogP contribution in [0.4, 0.5) is 13.2 Å². The Morgan fingerprint density at radius 1 is 1.00 bits per heavy atom. The van der Waals surface area contributed by atoms with Gasteiger partial charge >= 0.3 is 0 Å². The maximum absolute atomic E-state index is 13.3. The van der Waals surface area contributed by atoms with Crippen LogP contribution in [0.25, 0.3) is 11.3 Å². The van der Waals surface area contributed by atoms with Crippen LogP contribution in [-0.4, -0.2) is 6.29 Å². The van der Waals surface area contributed by atoms with Crippen molar-refractivity contribution in [3.63, 3.8) is 0 Å². The van der Waals surface area contributed by atoms with E-state index in [2.05, 4.69) is 0 Å². The van der Waals surface area contributed by atoms with Gasteiger partial charge in [-0.1, -0.05) is 0 Å². The van der Waals surface area contributed by atoms with Crippen LogP contribution in [0.1, 0.15) is 10.6 Å². The van der Waals surface area contributed by atoms with E-state index >= 15 is 0 Å². The molecule has 0 aliphatic heterocycles. The molecule has 0 unspecified atom stereocenters. The monoisotopic (exact) mass is 226 g/mol.